The molecule has 0 spiro atoms. The molecule has 0 aromatic heterocycles. The molecule has 7 heteroatoms. The van der Waals surface area contributed by atoms with Crippen molar-refractivity contribution in [2.24, 2.45) is 23.7 Å². The van der Waals surface area contributed by atoms with Gasteiger partial charge in [0.1, 0.15) is 6.04 Å². The van der Waals surface area contributed by atoms with Crippen LogP contribution in [0.15, 0.2) is 53.4 Å². The maximum atomic E-state index is 13.2. The lowest BCUT2D eigenvalue weighted by Gasteiger charge is -2.54. The van der Waals surface area contributed by atoms with Crippen LogP contribution >= 0.6 is 11.6 Å². The molecule has 2 aromatic carbocycles. The summed E-state index contributed by atoms with van der Waals surface area (Å²) < 4.78 is 27.6. The van der Waals surface area contributed by atoms with Crippen molar-refractivity contribution < 1.29 is 13.2 Å². The van der Waals surface area contributed by atoms with Gasteiger partial charge in [0.15, 0.2) is 0 Å². The van der Waals surface area contributed by atoms with Gasteiger partial charge in [0, 0.05) is 17.3 Å². The van der Waals surface area contributed by atoms with Gasteiger partial charge >= 0.3 is 0 Å². The minimum absolute atomic E-state index is 0.164. The van der Waals surface area contributed by atoms with E-state index in [1.165, 1.54) is 54.1 Å². The molecule has 0 radical (unpaired) electrons. The van der Waals surface area contributed by atoms with Gasteiger partial charge in [-0.3, -0.25) is 4.79 Å². The number of hydrogen-bond donors (Lipinski definition) is 1. The minimum Gasteiger partial charge on any atom is -0.325 e. The average Bonchev–Trinajstić information content (AvgIpc) is 3.31. The number of rotatable bonds is 5. The fraction of sp³-hybridized carbons (Fsp3) is 0.519. The molecule has 0 unspecified atom stereocenters. The molecule has 1 atom stereocenters. The van der Waals surface area contributed by atoms with E-state index in [4.69, 9.17) is 11.6 Å². The largest absolute Gasteiger partial charge is 0.325 e. The zero-order valence-corrected chi connectivity index (χ0v) is 20.8. The molecule has 5 nitrogen and oxygen atoms in total. The van der Waals surface area contributed by atoms with Crippen LogP contribution in [0.5, 0.6) is 0 Å². The first-order chi connectivity index (χ1) is 16.4. The first-order valence-corrected chi connectivity index (χ1v) is 14.4. The average molecular weight is 499 g/mol. The molecule has 7 rings (SSSR count). The van der Waals surface area contributed by atoms with E-state index in [0.717, 1.165) is 29.4 Å². The second-order valence-electron chi connectivity index (χ2n) is 10.8. The second kappa shape index (κ2) is 8.65. The number of nitrogens with one attached hydrogen (secondary N) is 1. The number of hydrogen-bond acceptors (Lipinski definition) is 3. The molecule has 1 saturated heterocycles. The highest BCUT2D eigenvalue weighted by molar-refractivity contribution is 7.89. The van der Waals surface area contributed by atoms with Crippen molar-refractivity contribution in [1.82, 2.24) is 4.31 Å². The van der Waals surface area contributed by atoms with Gasteiger partial charge in [-0.05, 0) is 116 Å². The number of anilines is 1. The molecule has 34 heavy (non-hydrogen) atoms. The number of nitrogens with zero attached hydrogens (tertiary/aromatic N) is 1. The Morgan fingerprint density at radius 3 is 2.12 bits per heavy atom. The normalized spacial score (nSPS) is 32.7. The molecule has 2 aromatic rings. The summed E-state index contributed by atoms with van der Waals surface area (Å²) in [7, 11) is -3.76. The van der Waals surface area contributed by atoms with Gasteiger partial charge in [-0.1, -0.05) is 23.7 Å². The number of carbonyl (C=O) groups excluding carboxylic acids is 1. The monoisotopic (exact) mass is 498 g/mol. The van der Waals surface area contributed by atoms with Crippen molar-refractivity contribution in [1.29, 1.82) is 0 Å². The van der Waals surface area contributed by atoms with Crippen molar-refractivity contribution in [2.45, 2.75) is 61.8 Å². The Morgan fingerprint density at radius 2 is 1.50 bits per heavy atom. The molecule has 1 aliphatic heterocycles. The maximum absolute atomic E-state index is 13.2. The van der Waals surface area contributed by atoms with Gasteiger partial charge in [-0.2, -0.15) is 4.31 Å². The summed E-state index contributed by atoms with van der Waals surface area (Å²) in [4.78, 5) is 13.3. The fourth-order valence-electron chi connectivity index (χ4n) is 7.52. The lowest BCUT2D eigenvalue weighted by atomic mass is 9.51. The number of halogens is 1. The van der Waals surface area contributed by atoms with E-state index in [1.807, 2.05) is 12.1 Å². The zero-order valence-electron chi connectivity index (χ0n) is 19.2. The van der Waals surface area contributed by atoms with E-state index in [-0.39, 0.29) is 10.8 Å². The van der Waals surface area contributed by atoms with Crippen LogP contribution in [-0.4, -0.2) is 31.2 Å². The SMILES string of the molecule is O=C(Nc1ccc(C2C3CC4CC(C3)CC2C4)cc1)[C@H]1CCCN1S(=O)(=O)c1ccc(Cl)cc1. The number of carbonyl (C=O) groups is 1. The Morgan fingerprint density at radius 1 is 0.882 bits per heavy atom. The molecule has 4 aliphatic carbocycles. The van der Waals surface area contributed by atoms with Gasteiger partial charge in [0.05, 0.1) is 4.90 Å². The van der Waals surface area contributed by atoms with Crippen LogP contribution < -0.4 is 5.32 Å². The molecular formula is C27H31ClN2O3S. The van der Waals surface area contributed by atoms with Gasteiger partial charge in [-0.25, -0.2) is 8.42 Å². The van der Waals surface area contributed by atoms with E-state index < -0.39 is 16.1 Å². The molecule has 1 heterocycles. The lowest BCUT2D eigenvalue weighted by molar-refractivity contribution is -0.119. The van der Waals surface area contributed by atoms with Gasteiger partial charge in [0.2, 0.25) is 15.9 Å². The molecule has 4 bridgehead atoms. The molecule has 5 fully saturated rings. The molecule has 1 N–H and O–H groups in total. The lowest BCUT2D eigenvalue weighted by Crippen LogP contribution is -2.43. The Kier molecular flexibility index (Phi) is 5.74. The van der Waals surface area contributed by atoms with Crippen LogP contribution in [0, 0.1) is 23.7 Å². The molecular weight excluding hydrogens is 468 g/mol. The van der Waals surface area contributed by atoms with Crippen LogP contribution in [-0.2, 0) is 14.8 Å². The quantitative estimate of drug-likeness (QED) is 0.577. The first-order valence-electron chi connectivity index (χ1n) is 12.6. The minimum atomic E-state index is -3.76. The Balaban J connectivity index is 1.15. The molecule has 5 aliphatic rings. The topological polar surface area (TPSA) is 66.5 Å². The van der Waals surface area contributed by atoms with E-state index in [0.29, 0.717) is 30.3 Å². The predicted molar refractivity (Wildman–Crippen MR) is 133 cm³/mol. The van der Waals surface area contributed by atoms with Crippen molar-refractivity contribution in [3.63, 3.8) is 0 Å². The first kappa shape index (κ1) is 22.6. The summed E-state index contributed by atoms with van der Waals surface area (Å²) in [6.07, 6.45) is 8.18. The van der Waals surface area contributed by atoms with E-state index in [1.54, 1.807) is 12.1 Å². The smallest absolute Gasteiger partial charge is 0.243 e. The Hall–Kier alpha value is -1.89. The Labute approximate surface area is 206 Å². The molecule has 4 saturated carbocycles. The highest BCUT2D eigenvalue weighted by Gasteiger charge is 2.48. The fourth-order valence-corrected chi connectivity index (χ4v) is 9.30. The van der Waals surface area contributed by atoms with Crippen molar-refractivity contribution >= 4 is 33.2 Å². The van der Waals surface area contributed by atoms with Crippen molar-refractivity contribution in [3.8, 4) is 0 Å². The zero-order chi connectivity index (χ0) is 23.4. The van der Waals surface area contributed by atoms with E-state index >= 15 is 0 Å². The predicted octanol–water partition coefficient (Wildman–Crippen LogP) is 5.67. The van der Waals surface area contributed by atoms with Gasteiger partial charge < -0.3 is 5.32 Å². The number of amides is 1. The van der Waals surface area contributed by atoms with Crippen LogP contribution in [0.4, 0.5) is 5.69 Å². The third-order valence-electron chi connectivity index (χ3n) is 8.72. The number of benzene rings is 2. The van der Waals surface area contributed by atoms with Crippen LogP contribution in [0.25, 0.3) is 0 Å². The van der Waals surface area contributed by atoms with Crippen molar-refractivity contribution in [3.05, 3.63) is 59.1 Å². The highest BCUT2D eigenvalue weighted by atomic mass is 35.5. The standard InChI is InChI=1S/C27H31ClN2O3S/c28-22-5-9-24(10-6-22)34(32,33)30-11-1-2-25(30)27(31)29-23-7-3-19(4-8-23)26-20-13-17-12-18(15-20)16-21(26)14-17/h3-10,17-18,20-21,25-26H,1-2,11-16H2,(H,29,31)/t17?,18?,20?,21?,25-,26?/m1/s1. The van der Waals surface area contributed by atoms with E-state index in [9.17, 15) is 13.2 Å². The highest BCUT2D eigenvalue weighted by Crippen LogP contribution is 2.59. The summed E-state index contributed by atoms with van der Waals surface area (Å²) in [5.74, 6) is 3.94. The third-order valence-corrected chi connectivity index (χ3v) is 10.9. The molecule has 1 amide bonds. The van der Waals surface area contributed by atoms with Gasteiger partial charge in [0.25, 0.3) is 0 Å². The summed E-state index contributed by atoms with van der Waals surface area (Å²) in [6.45, 7) is 0.342. The van der Waals surface area contributed by atoms with Crippen LogP contribution in [0.1, 0.15) is 56.4 Å². The second-order valence-corrected chi connectivity index (χ2v) is 13.1. The maximum Gasteiger partial charge on any atom is 0.243 e. The summed E-state index contributed by atoms with van der Waals surface area (Å²) in [6, 6.07) is 13.7. The summed E-state index contributed by atoms with van der Waals surface area (Å²) >= 11 is 5.91. The third kappa shape index (κ3) is 3.98. The summed E-state index contributed by atoms with van der Waals surface area (Å²) in [5.41, 5.74) is 2.13. The van der Waals surface area contributed by atoms with Crippen LogP contribution in [0.2, 0.25) is 5.02 Å². The summed E-state index contributed by atoms with van der Waals surface area (Å²) in [5, 5.41) is 3.45. The number of sulfonamides is 1. The van der Waals surface area contributed by atoms with E-state index in [2.05, 4.69) is 17.4 Å². The Bertz CT molecular complexity index is 1150. The molecule has 180 valence electrons. The van der Waals surface area contributed by atoms with Crippen molar-refractivity contribution in [2.75, 3.05) is 11.9 Å². The van der Waals surface area contributed by atoms with Gasteiger partial charge in [-0.15, -0.1) is 0 Å². The van der Waals surface area contributed by atoms with Crippen LogP contribution in [0.3, 0.4) is 0 Å².